The number of carbonyl (C=O) groups is 1. The van der Waals surface area contributed by atoms with Gasteiger partial charge in [0.15, 0.2) is 11.5 Å². The molecule has 24 heavy (non-hydrogen) atoms. The van der Waals surface area contributed by atoms with Crippen molar-refractivity contribution in [1.29, 1.82) is 0 Å². The summed E-state index contributed by atoms with van der Waals surface area (Å²) in [4.78, 5) is 14.1. The minimum absolute atomic E-state index is 0.0840. The molecule has 0 saturated heterocycles. The summed E-state index contributed by atoms with van der Waals surface area (Å²) in [6.07, 6.45) is 0. The Hall–Kier alpha value is -2.73. The van der Waals surface area contributed by atoms with Crippen LogP contribution in [-0.2, 0) is 11.3 Å². The molecule has 0 aromatic heterocycles. The molecule has 2 aromatic rings. The average molecular weight is 328 g/mol. The van der Waals surface area contributed by atoms with Crippen LogP contribution in [0.4, 0.5) is 5.69 Å². The van der Waals surface area contributed by atoms with E-state index in [-0.39, 0.29) is 19.2 Å². The zero-order valence-corrected chi connectivity index (χ0v) is 13.7. The fourth-order valence-electron chi connectivity index (χ4n) is 2.56. The lowest BCUT2D eigenvalue weighted by atomic mass is 10.2. The van der Waals surface area contributed by atoms with Crippen molar-refractivity contribution in [2.75, 3.05) is 32.8 Å². The van der Waals surface area contributed by atoms with Crippen molar-refractivity contribution in [3.05, 3.63) is 48.0 Å². The van der Waals surface area contributed by atoms with Gasteiger partial charge in [0.1, 0.15) is 5.75 Å². The van der Waals surface area contributed by atoms with E-state index in [9.17, 15) is 4.79 Å². The van der Waals surface area contributed by atoms with Crippen LogP contribution in [0.5, 0.6) is 17.2 Å². The van der Waals surface area contributed by atoms with Gasteiger partial charge in [0.25, 0.3) is 0 Å². The third kappa shape index (κ3) is 3.97. The number of nitrogens with one attached hydrogen (secondary N) is 1. The van der Waals surface area contributed by atoms with Crippen LogP contribution in [-0.4, -0.2) is 38.3 Å². The SMILES string of the molecule is COc1cccc(CN(C)CC(=O)Nc2ccc3c(c2)OCO3)c1. The smallest absolute Gasteiger partial charge is 0.238 e. The summed E-state index contributed by atoms with van der Waals surface area (Å²) in [6.45, 7) is 1.16. The molecule has 1 aliphatic rings. The Labute approximate surface area is 140 Å². The van der Waals surface area contributed by atoms with Gasteiger partial charge in [-0.2, -0.15) is 0 Å². The molecule has 0 aliphatic carbocycles. The van der Waals surface area contributed by atoms with Crippen LogP contribution in [0.3, 0.4) is 0 Å². The largest absolute Gasteiger partial charge is 0.497 e. The molecule has 1 N–H and O–H groups in total. The van der Waals surface area contributed by atoms with E-state index in [4.69, 9.17) is 14.2 Å². The van der Waals surface area contributed by atoms with E-state index in [2.05, 4.69) is 5.32 Å². The molecule has 0 bridgehead atoms. The van der Waals surface area contributed by atoms with E-state index < -0.39 is 0 Å². The monoisotopic (exact) mass is 328 g/mol. The number of anilines is 1. The summed E-state index contributed by atoms with van der Waals surface area (Å²) < 4.78 is 15.8. The van der Waals surface area contributed by atoms with Crippen LogP contribution < -0.4 is 19.5 Å². The lowest BCUT2D eigenvalue weighted by molar-refractivity contribution is -0.117. The Bertz CT molecular complexity index is 733. The number of fused-ring (bicyclic) bond motifs is 1. The standard InChI is InChI=1S/C18H20N2O4/c1-20(10-13-4-3-5-15(8-13)22-2)11-18(21)19-14-6-7-16-17(9-14)24-12-23-16/h3-9H,10-12H2,1-2H3,(H,19,21). The van der Waals surface area contributed by atoms with Crippen molar-refractivity contribution >= 4 is 11.6 Å². The first-order valence-electron chi connectivity index (χ1n) is 7.65. The van der Waals surface area contributed by atoms with E-state index in [0.29, 0.717) is 23.7 Å². The summed E-state index contributed by atoms with van der Waals surface area (Å²) in [5.41, 5.74) is 1.78. The number of rotatable bonds is 6. The lowest BCUT2D eigenvalue weighted by Gasteiger charge is -2.17. The maximum absolute atomic E-state index is 12.2. The predicted molar refractivity (Wildman–Crippen MR) is 90.5 cm³/mol. The number of ether oxygens (including phenoxy) is 3. The van der Waals surface area contributed by atoms with Crippen molar-refractivity contribution < 1.29 is 19.0 Å². The van der Waals surface area contributed by atoms with Crippen molar-refractivity contribution in [1.82, 2.24) is 4.90 Å². The lowest BCUT2D eigenvalue weighted by Crippen LogP contribution is -2.29. The molecule has 126 valence electrons. The van der Waals surface area contributed by atoms with Gasteiger partial charge in [-0.3, -0.25) is 9.69 Å². The number of nitrogens with zero attached hydrogens (tertiary/aromatic N) is 1. The van der Waals surface area contributed by atoms with Gasteiger partial charge in [0, 0.05) is 18.3 Å². The van der Waals surface area contributed by atoms with Crippen LogP contribution in [0.1, 0.15) is 5.56 Å². The normalized spacial score (nSPS) is 12.3. The number of hydrogen-bond donors (Lipinski definition) is 1. The third-order valence-corrected chi connectivity index (χ3v) is 3.66. The summed E-state index contributed by atoms with van der Waals surface area (Å²) >= 11 is 0. The zero-order valence-electron chi connectivity index (χ0n) is 13.7. The van der Waals surface area contributed by atoms with Crippen molar-refractivity contribution in [2.24, 2.45) is 0 Å². The van der Waals surface area contributed by atoms with Crippen LogP contribution in [0.15, 0.2) is 42.5 Å². The van der Waals surface area contributed by atoms with E-state index in [0.717, 1.165) is 11.3 Å². The minimum Gasteiger partial charge on any atom is -0.497 e. The highest BCUT2D eigenvalue weighted by molar-refractivity contribution is 5.92. The molecular weight excluding hydrogens is 308 g/mol. The maximum atomic E-state index is 12.2. The van der Waals surface area contributed by atoms with Gasteiger partial charge in [0.05, 0.1) is 13.7 Å². The second kappa shape index (κ2) is 7.23. The Kier molecular flexibility index (Phi) is 4.86. The average Bonchev–Trinajstić information content (AvgIpc) is 3.02. The first-order valence-corrected chi connectivity index (χ1v) is 7.65. The number of amides is 1. The molecule has 1 heterocycles. The van der Waals surface area contributed by atoms with Gasteiger partial charge in [-0.05, 0) is 36.9 Å². The van der Waals surface area contributed by atoms with Crippen LogP contribution in [0, 0.1) is 0 Å². The molecule has 1 aliphatic heterocycles. The van der Waals surface area contributed by atoms with E-state index >= 15 is 0 Å². The summed E-state index contributed by atoms with van der Waals surface area (Å²) in [7, 11) is 3.54. The molecular formula is C18H20N2O4. The molecule has 0 atom stereocenters. The van der Waals surface area contributed by atoms with E-state index in [1.54, 1.807) is 25.3 Å². The highest BCUT2D eigenvalue weighted by Crippen LogP contribution is 2.34. The Morgan fingerprint density at radius 2 is 2.04 bits per heavy atom. The van der Waals surface area contributed by atoms with Gasteiger partial charge in [-0.15, -0.1) is 0 Å². The Morgan fingerprint density at radius 1 is 1.21 bits per heavy atom. The van der Waals surface area contributed by atoms with Crippen molar-refractivity contribution in [2.45, 2.75) is 6.54 Å². The zero-order chi connectivity index (χ0) is 16.9. The fraction of sp³-hybridized carbons (Fsp3) is 0.278. The second-order valence-corrected chi connectivity index (χ2v) is 5.64. The molecule has 6 heteroatoms. The number of carbonyl (C=O) groups excluding carboxylic acids is 1. The molecule has 0 radical (unpaired) electrons. The fourth-order valence-corrected chi connectivity index (χ4v) is 2.56. The molecule has 0 spiro atoms. The number of benzene rings is 2. The molecule has 2 aromatic carbocycles. The maximum Gasteiger partial charge on any atom is 0.238 e. The molecule has 0 unspecified atom stereocenters. The van der Waals surface area contributed by atoms with Crippen molar-refractivity contribution in [3.63, 3.8) is 0 Å². The van der Waals surface area contributed by atoms with Gasteiger partial charge in [0.2, 0.25) is 12.7 Å². The summed E-state index contributed by atoms with van der Waals surface area (Å²) in [5, 5.41) is 2.87. The van der Waals surface area contributed by atoms with E-state index in [1.165, 1.54) is 0 Å². The van der Waals surface area contributed by atoms with E-state index in [1.807, 2.05) is 36.2 Å². The highest BCUT2D eigenvalue weighted by Gasteiger charge is 2.14. The number of methoxy groups -OCH3 is 1. The highest BCUT2D eigenvalue weighted by atomic mass is 16.7. The second-order valence-electron chi connectivity index (χ2n) is 5.64. The van der Waals surface area contributed by atoms with Gasteiger partial charge >= 0.3 is 0 Å². The molecule has 0 fully saturated rings. The van der Waals surface area contributed by atoms with Gasteiger partial charge < -0.3 is 19.5 Å². The molecule has 3 rings (SSSR count). The Balaban J connectivity index is 1.54. The van der Waals surface area contributed by atoms with Gasteiger partial charge in [-0.1, -0.05) is 12.1 Å². The van der Waals surface area contributed by atoms with Gasteiger partial charge in [-0.25, -0.2) is 0 Å². The van der Waals surface area contributed by atoms with Crippen molar-refractivity contribution in [3.8, 4) is 17.2 Å². The number of hydrogen-bond acceptors (Lipinski definition) is 5. The Morgan fingerprint density at radius 3 is 2.88 bits per heavy atom. The molecule has 1 amide bonds. The third-order valence-electron chi connectivity index (χ3n) is 3.66. The van der Waals surface area contributed by atoms with Crippen LogP contribution in [0.2, 0.25) is 0 Å². The minimum atomic E-state index is -0.0840. The van der Waals surface area contributed by atoms with Crippen LogP contribution >= 0.6 is 0 Å². The predicted octanol–water partition coefficient (Wildman–Crippen LogP) is 2.49. The van der Waals surface area contributed by atoms with Crippen LogP contribution in [0.25, 0.3) is 0 Å². The number of likely N-dealkylation sites (N-methyl/N-ethyl adjacent to an activating group) is 1. The first kappa shape index (κ1) is 16.1. The first-order chi connectivity index (χ1) is 11.6. The molecule has 0 saturated carbocycles. The summed E-state index contributed by atoms with van der Waals surface area (Å²) in [6, 6.07) is 13.2. The topological polar surface area (TPSA) is 60.0 Å². The molecule has 6 nitrogen and oxygen atoms in total. The summed E-state index contributed by atoms with van der Waals surface area (Å²) in [5.74, 6) is 2.07. The quantitative estimate of drug-likeness (QED) is 0.883.